The molecule has 3 aliphatic carbocycles. The van der Waals surface area contributed by atoms with Crippen molar-refractivity contribution in [3.05, 3.63) is 96.1 Å². The summed E-state index contributed by atoms with van der Waals surface area (Å²) in [4.78, 5) is 28.4. The lowest BCUT2D eigenvalue weighted by molar-refractivity contribution is -0.155. The number of rotatable bonds is 8. The van der Waals surface area contributed by atoms with Crippen molar-refractivity contribution < 1.29 is 19.8 Å². The van der Waals surface area contributed by atoms with Crippen molar-refractivity contribution >= 4 is 33.4 Å². The summed E-state index contributed by atoms with van der Waals surface area (Å²) in [6.45, 7) is 0. The maximum atomic E-state index is 14.2. The van der Waals surface area contributed by atoms with E-state index in [0.29, 0.717) is 38.5 Å². The van der Waals surface area contributed by atoms with E-state index in [1.165, 1.54) is 0 Å². The standard InChI is InChI=1S/C36H38N2O4/c39-32(37-30(35(41)20-8-21-35)28-16-5-12-24-10-1-3-14-26(24)28)34(18-7-19-34)33(40)38-31(36(42)22-9-23-36)29-17-6-13-25-11-2-4-15-27(25)29/h1-6,10-17,30-31,41-42H,7-9,18-23H2,(H,37,39)(H,38,40)/t30-,31-/m0/s1. The summed E-state index contributed by atoms with van der Waals surface area (Å²) in [6.07, 6.45) is 5.81. The van der Waals surface area contributed by atoms with Crippen molar-refractivity contribution in [2.24, 2.45) is 5.41 Å². The van der Waals surface area contributed by atoms with Crippen LogP contribution in [0.25, 0.3) is 21.5 Å². The van der Waals surface area contributed by atoms with Gasteiger partial charge < -0.3 is 20.8 Å². The van der Waals surface area contributed by atoms with Gasteiger partial charge in [-0.25, -0.2) is 0 Å². The summed E-state index contributed by atoms with van der Waals surface area (Å²) < 4.78 is 0. The molecule has 7 rings (SSSR count). The third kappa shape index (κ3) is 4.31. The van der Waals surface area contributed by atoms with Gasteiger partial charge in [0.25, 0.3) is 0 Å². The van der Waals surface area contributed by atoms with Crippen LogP contribution in [0.2, 0.25) is 0 Å². The number of hydrogen-bond donors (Lipinski definition) is 4. The Morgan fingerprint density at radius 2 is 0.929 bits per heavy atom. The van der Waals surface area contributed by atoms with Gasteiger partial charge in [-0.2, -0.15) is 0 Å². The Hall–Kier alpha value is -3.74. The highest BCUT2D eigenvalue weighted by atomic mass is 16.3. The molecule has 0 heterocycles. The molecule has 0 aliphatic heterocycles. The van der Waals surface area contributed by atoms with Crippen LogP contribution in [0.4, 0.5) is 0 Å². The first-order chi connectivity index (χ1) is 20.3. The SMILES string of the molecule is O=C(N[C@@H](c1cccc2ccccc12)C1(O)CCC1)C1(C(=O)N[C@@H](c2cccc3ccccc23)C2(O)CCC2)CCC1. The first kappa shape index (κ1) is 27.1. The number of nitrogens with one attached hydrogen (secondary N) is 2. The third-order valence-electron chi connectivity index (χ3n) is 10.4. The monoisotopic (exact) mass is 562 g/mol. The fraction of sp³-hybridized carbons (Fsp3) is 0.389. The summed E-state index contributed by atoms with van der Waals surface area (Å²) in [5.74, 6) is -0.691. The Morgan fingerprint density at radius 1 is 0.548 bits per heavy atom. The van der Waals surface area contributed by atoms with Crippen LogP contribution in [0.5, 0.6) is 0 Å². The predicted molar refractivity (Wildman–Crippen MR) is 164 cm³/mol. The molecule has 4 aromatic rings. The first-order valence-corrected chi connectivity index (χ1v) is 15.4. The van der Waals surface area contributed by atoms with E-state index in [1.54, 1.807) is 0 Å². The highest BCUT2D eigenvalue weighted by Crippen LogP contribution is 2.49. The summed E-state index contributed by atoms with van der Waals surface area (Å²) in [6, 6.07) is 26.7. The fourth-order valence-electron chi connectivity index (χ4n) is 7.29. The molecule has 216 valence electrons. The molecule has 6 heteroatoms. The van der Waals surface area contributed by atoms with E-state index in [0.717, 1.165) is 51.9 Å². The average molecular weight is 563 g/mol. The molecule has 0 spiro atoms. The molecule has 0 aromatic heterocycles. The van der Waals surface area contributed by atoms with E-state index >= 15 is 0 Å². The van der Waals surface area contributed by atoms with Crippen molar-refractivity contribution in [2.45, 2.75) is 81.1 Å². The van der Waals surface area contributed by atoms with Crippen molar-refractivity contribution in [1.82, 2.24) is 10.6 Å². The minimum Gasteiger partial charge on any atom is -0.387 e. The average Bonchev–Trinajstić information content (AvgIpc) is 2.95. The van der Waals surface area contributed by atoms with Gasteiger partial charge in [0.2, 0.25) is 11.8 Å². The topological polar surface area (TPSA) is 98.7 Å². The molecular weight excluding hydrogens is 524 g/mol. The number of fused-ring (bicyclic) bond motifs is 2. The summed E-state index contributed by atoms with van der Waals surface area (Å²) in [5, 5.41) is 33.7. The van der Waals surface area contributed by atoms with E-state index < -0.39 is 28.7 Å². The van der Waals surface area contributed by atoms with Gasteiger partial charge in [-0.1, -0.05) is 91.3 Å². The third-order valence-corrected chi connectivity index (χ3v) is 10.4. The Balaban J connectivity index is 1.21. The predicted octanol–water partition coefficient (Wildman–Crippen LogP) is 6.01. The van der Waals surface area contributed by atoms with Gasteiger partial charge in [0.15, 0.2) is 0 Å². The molecule has 0 bridgehead atoms. The number of benzene rings is 4. The lowest BCUT2D eigenvalue weighted by Gasteiger charge is -2.48. The highest BCUT2D eigenvalue weighted by Gasteiger charge is 2.55. The molecule has 4 N–H and O–H groups in total. The second-order valence-electron chi connectivity index (χ2n) is 12.8. The molecule has 2 atom stereocenters. The number of hydrogen-bond acceptors (Lipinski definition) is 4. The van der Waals surface area contributed by atoms with E-state index in [1.807, 2.05) is 84.9 Å². The molecule has 3 aliphatic rings. The van der Waals surface area contributed by atoms with Gasteiger partial charge in [-0.15, -0.1) is 0 Å². The summed E-state index contributed by atoms with van der Waals surface area (Å²) in [7, 11) is 0. The maximum absolute atomic E-state index is 14.2. The van der Waals surface area contributed by atoms with E-state index in [9.17, 15) is 19.8 Å². The van der Waals surface area contributed by atoms with Crippen LogP contribution in [0, 0.1) is 5.41 Å². The number of amides is 2. The number of aliphatic hydroxyl groups is 2. The van der Waals surface area contributed by atoms with Gasteiger partial charge in [-0.05, 0) is 84.0 Å². The van der Waals surface area contributed by atoms with Crippen molar-refractivity contribution in [3.8, 4) is 0 Å². The maximum Gasteiger partial charge on any atom is 0.236 e. The molecule has 3 fully saturated rings. The molecule has 4 aromatic carbocycles. The summed E-state index contributed by atoms with van der Waals surface area (Å²) in [5.41, 5.74) is -1.63. The zero-order valence-corrected chi connectivity index (χ0v) is 23.8. The molecule has 42 heavy (non-hydrogen) atoms. The lowest BCUT2D eigenvalue weighted by atomic mass is 9.65. The number of carbonyl (C=O) groups excluding carboxylic acids is 2. The molecule has 3 saturated carbocycles. The Morgan fingerprint density at radius 3 is 1.29 bits per heavy atom. The van der Waals surface area contributed by atoms with Crippen LogP contribution in [0.15, 0.2) is 84.9 Å². The highest BCUT2D eigenvalue weighted by molar-refractivity contribution is 6.06. The van der Waals surface area contributed by atoms with Crippen LogP contribution in [-0.4, -0.2) is 33.2 Å². The molecule has 0 saturated heterocycles. The van der Waals surface area contributed by atoms with E-state index in [4.69, 9.17) is 0 Å². The zero-order valence-electron chi connectivity index (χ0n) is 23.8. The Labute approximate surface area is 246 Å². The van der Waals surface area contributed by atoms with Gasteiger partial charge in [0.05, 0.1) is 23.3 Å². The summed E-state index contributed by atoms with van der Waals surface area (Å²) >= 11 is 0. The largest absolute Gasteiger partial charge is 0.387 e. The smallest absolute Gasteiger partial charge is 0.236 e. The van der Waals surface area contributed by atoms with Crippen molar-refractivity contribution in [1.29, 1.82) is 0 Å². The lowest BCUT2D eigenvalue weighted by Crippen LogP contribution is -2.61. The van der Waals surface area contributed by atoms with Crippen LogP contribution in [0.3, 0.4) is 0 Å². The van der Waals surface area contributed by atoms with E-state index in [2.05, 4.69) is 10.6 Å². The van der Waals surface area contributed by atoms with Crippen LogP contribution in [-0.2, 0) is 9.59 Å². The second-order valence-corrected chi connectivity index (χ2v) is 12.8. The normalized spacial score (nSPS) is 21.3. The van der Waals surface area contributed by atoms with Gasteiger partial charge >= 0.3 is 0 Å². The Bertz CT molecular complexity index is 1540. The van der Waals surface area contributed by atoms with Crippen LogP contribution in [0.1, 0.15) is 81.0 Å². The molecule has 6 nitrogen and oxygen atoms in total. The second kappa shape index (κ2) is 10.2. The van der Waals surface area contributed by atoms with Gasteiger partial charge in [0.1, 0.15) is 5.41 Å². The first-order valence-electron chi connectivity index (χ1n) is 15.4. The minimum atomic E-state index is -1.24. The molecule has 2 amide bonds. The fourth-order valence-corrected chi connectivity index (χ4v) is 7.29. The van der Waals surface area contributed by atoms with Crippen LogP contribution >= 0.6 is 0 Å². The number of carbonyl (C=O) groups is 2. The van der Waals surface area contributed by atoms with Crippen molar-refractivity contribution in [3.63, 3.8) is 0 Å². The quantitative estimate of drug-likeness (QED) is 0.198. The molecule has 0 radical (unpaired) electrons. The zero-order chi connectivity index (χ0) is 29.0. The van der Waals surface area contributed by atoms with Crippen LogP contribution < -0.4 is 10.6 Å². The minimum absolute atomic E-state index is 0.346. The molecular formula is C36H38N2O4. The molecule has 0 unspecified atom stereocenters. The van der Waals surface area contributed by atoms with Gasteiger partial charge in [-0.3, -0.25) is 9.59 Å². The van der Waals surface area contributed by atoms with Crippen molar-refractivity contribution in [2.75, 3.05) is 0 Å². The van der Waals surface area contributed by atoms with E-state index in [-0.39, 0.29) is 11.8 Å². The van der Waals surface area contributed by atoms with Gasteiger partial charge in [0, 0.05) is 0 Å². The Kier molecular flexibility index (Phi) is 6.59.